The van der Waals surface area contributed by atoms with Crippen LogP contribution in [0.25, 0.3) is 0 Å². The first-order valence-electron chi connectivity index (χ1n) is 7.17. The van der Waals surface area contributed by atoms with E-state index in [0.717, 1.165) is 25.9 Å². The third-order valence-electron chi connectivity index (χ3n) is 3.50. The lowest BCUT2D eigenvalue weighted by Gasteiger charge is -2.26. The highest BCUT2D eigenvalue weighted by molar-refractivity contribution is 5.94. The van der Waals surface area contributed by atoms with E-state index in [1.165, 1.54) is 6.42 Å². The zero-order valence-electron chi connectivity index (χ0n) is 11.7. The van der Waals surface area contributed by atoms with Gasteiger partial charge in [-0.1, -0.05) is 0 Å². The van der Waals surface area contributed by atoms with Crippen LogP contribution in [-0.4, -0.2) is 33.9 Å². The van der Waals surface area contributed by atoms with Gasteiger partial charge in [0.25, 0.3) is 5.91 Å². The van der Waals surface area contributed by atoms with Gasteiger partial charge in [0.05, 0.1) is 0 Å². The Labute approximate surface area is 123 Å². The summed E-state index contributed by atoms with van der Waals surface area (Å²) in [6, 6.07) is 9.14. The van der Waals surface area contributed by atoms with Crippen LogP contribution in [0.1, 0.15) is 29.6 Å². The van der Waals surface area contributed by atoms with Crippen molar-refractivity contribution in [3.8, 4) is 11.8 Å². The van der Waals surface area contributed by atoms with Crippen LogP contribution in [0, 0.1) is 0 Å². The number of ether oxygens (including phenoxy) is 1. The molecule has 0 saturated carbocycles. The lowest BCUT2D eigenvalue weighted by Crippen LogP contribution is -2.35. The molecule has 0 atom stereocenters. The number of hydrogen-bond donors (Lipinski definition) is 0. The largest absolute Gasteiger partial charge is 0.424 e. The maximum atomic E-state index is 12.3. The van der Waals surface area contributed by atoms with Gasteiger partial charge in [-0.25, -0.2) is 9.97 Å². The fraction of sp³-hybridized carbons (Fsp3) is 0.312. The summed E-state index contributed by atoms with van der Waals surface area (Å²) in [5.74, 6) is 0.716. The molecule has 0 bridgehead atoms. The molecule has 1 aliphatic heterocycles. The highest BCUT2D eigenvalue weighted by atomic mass is 16.5. The van der Waals surface area contributed by atoms with E-state index in [4.69, 9.17) is 4.74 Å². The van der Waals surface area contributed by atoms with Crippen LogP contribution in [0.4, 0.5) is 0 Å². The lowest BCUT2D eigenvalue weighted by molar-refractivity contribution is 0.0724. The maximum Gasteiger partial charge on any atom is 0.321 e. The molecule has 1 fully saturated rings. The minimum Gasteiger partial charge on any atom is -0.424 e. The predicted molar refractivity (Wildman–Crippen MR) is 78.3 cm³/mol. The zero-order valence-corrected chi connectivity index (χ0v) is 11.7. The summed E-state index contributed by atoms with van der Waals surface area (Å²) in [6.07, 6.45) is 6.65. The quantitative estimate of drug-likeness (QED) is 0.869. The molecule has 1 amide bonds. The average molecular weight is 283 g/mol. The first-order valence-corrected chi connectivity index (χ1v) is 7.17. The first-order chi connectivity index (χ1) is 10.3. The molecule has 0 unspecified atom stereocenters. The van der Waals surface area contributed by atoms with E-state index in [9.17, 15) is 4.79 Å². The first kappa shape index (κ1) is 13.5. The van der Waals surface area contributed by atoms with Crippen LogP contribution < -0.4 is 4.74 Å². The van der Waals surface area contributed by atoms with Crippen molar-refractivity contribution >= 4 is 5.91 Å². The molecular weight excluding hydrogens is 266 g/mol. The second-order valence-corrected chi connectivity index (χ2v) is 5.01. The molecule has 1 aromatic heterocycles. The summed E-state index contributed by atoms with van der Waals surface area (Å²) in [5.41, 5.74) is 0.693. The van der Waals surface area contributed by atoms with Gasteiger partial charge in [-0.3, -0.25) is 4.79 Å². The van der Waals surface area contributed by atoms with E-state index in [1.54, 1.807) is 42.7 Å². The molecule has 0 spiro atoms. The molecule has 1 aliphatic rings. The number of likely N-dealkylation sites (tertiary alicyclic amines) is 1. The van der Waals surface area contributed by atoms with E-state index in [0.29, 0.717) is 17.3 Å². The van der Waals surface area contributed by atoms with Gasteiger partial charge in [0.2, 0.25) is 0 Å². The van der Waals surface area contributed by atoms with Crippen LogP contribution >= 0.6 is 0 Å². The molecule has 1 aromatic carbocycles. The Morgan fingerprint density at radius 2 is 1.67 bits per heavy atom. The average Bonchev–Trinajstić information content (AvgIpc) is 2.57. The number of amides is 1. The maximum absolute atomic E-state index is 12.3. The molecule has 3 rings (SSSR count). The van der Waals surface area contributed by atoms with Gasteiger partial charge in [0.15, 0.2) is 0 Å². The Morgan fingerprint density at radius 3 is 2.33 bits per heavy atom. The van der Waals surface area contributed by atoms with Crippen molar-refractivity contribution in [1.82, 2.24) is 14.9 Å². The highest BCUT2D eigenvalue weighted by Crippen LogP contribution is 2.19. The highest BCUT2D eigenvalue weighted by Gasteiger charge is 2.17. The number of carbonyl (C=O) groups excluding carboxylic acids is 1. The van der Waals surface area contributed by atoms with E-state index >= 15 is 0 Å². The fourth-order valence-electron chi connectivity index (χ4n) is 2.39. The second kappa shape index (κ2) is 6.35. The van der Waals surface area contributed by atoms with E-state index in [-0.39, 0.29) is 5.91 Å². The smallest absolute Gasteiger partial charge is 0.321 e. The normalized spacial score (nSPS) is 14.8. The van der Waals surface area contributed by atoms with Crippen LogP contribution in [0.5, 0.6) is 11.8 Å². The van der Waals surface area contributed by atoms with Crippen LogP contribution in [0.15, 0.2) is 42.7 Å². The zero-order chi connectivity index (χ0) is 14.5. The Morgan fingerprint density at radius 1 is 1.00 bits per heavy atom. The summed E-state index contributed by atoms with van der Waals surface area (Å²) < 4.78 is 5.51. The number of carbonyl (C=O) groups is 1. The summed E-state index contributed by atoms with van der Waals surface area (Å²) in [6.45, 7) is 1.71. The van der Waals surface area contributed by atoms with Crippen molar-refractivity contribution in [2.45, 2.75) is 19.3 Å². The van der Waals surface area contributed by atoms with Gasteiger partial charge in [-0.15, -0.1) is 0 Å². The van der Waals surface area contributed by atoms with Gasteiger partial charge < -0.3 is 9.64 Å². The monoisotopic (exact) mass is 283 g/mol. The number of piperidine rings is 1. The van der Waals surface area contributed by atoms with E-state index in [2.05, 4.69) is 9.97 Å². The van der Waals surface area contributed by atoms with Crippen LogP contribution in [-0.2, 0) is 0 Å². The predicted octanol–water partition coefficient (Wildman–Crippen LogP) is 2.90. The Bertz CT molecular complexity index is 593. The second-order valence-electron chi connectivity index (χ2n) is 5.01. The summed E-state index contributed by atoms with van der Waals surface area (Å²) in [4.78, 5) is 22.2. The Hall–Kier alpha value is -2.43. The Kier molecular flexibility index (Phi) is 4.09. The van der Waals surface area contributed by atoms with Crippen molar-refractivity contribution in [3.63, 3.8) is 0 Å². The lowest BCUT2D eigenvalue weighted by atomic mass is 10.1. The molecular formula is C16H17N3O2. The molecule has 1 saturated heterocycles. The topological polar surface area (TPSA) is 55.3 Å². The minimum atomic E-state index is 0.0946. The van der Waals surface area contributed by atoms with Gasteiger partial charge in [-0.05, 0) is 49.6 Å². The van der Waals surface area contributed by atoms with Crippen LogP contribution in [0.2, 0.25) is 0 Å². The Balaban J connectivity index is 1.67. The van der Waals surface area contributed by atoms with Gasteiger partial charge in [-0.2, -0.15) is 0 Å². The standard InChI is InChI=1S/C16H17N3O2/c20-15(19-11-2-1-3-12-19)13-5-7-14(8-6-13)21-16-17-9-4-10-18-16/h4-10H,1-3,11-12H2. The third-order valence-corrected chi connectivity index (χ3v) is 3.50. The van der Waals surface area contributed by atoms with Crippen molar-refractivity contribution in [1.29, 1.82) is 0 Å². The van der Waals surface area contributed by atoms with Crippen molar-refractivity contribution in [2.75, 3.05) is 13.1 Å². The molecule has 5 heteroatoms. The molecule has 21 heavy (non-hydrogen) atoms. The van der Waals surface area contributed by atoms with Crippen molar-refractivity contribution in [3.05, 3.63) is 48.3 Å². The summed E-state index contributed by atoms with van der Waals surface area (Å²) in [5, 5.41) is 0. The number of aromatic nitrogens is 2. The number of hydrogen-bond acceptors (Lipinski definition) is 4. The van der Waals surface area contributed by atoms with E-state index < -0.39 is 0 Å². The number of rotatable bonds is 3. The van der Waals surface area contributed by atoms with Crippen LogP contribution in [0.3, 0.4) is 0 Å². The summed E-state index contributed by atoms with van der Waals surface area (Å²) >= 11 is 0. The van der Waals surface area contributed by atoms with Gasteiger partial charge in [0, 0.05) is 31.0 Å². The third kappa shape index (κ3) is 3.37. The van der Waals surface area contributed by atoms with Crippen molar-refractivity contribution in [2.24, 2.45) is 0 Å². The molecule has 5 nitrogen and oxygen atoms in total. The fourth-order valence-corrected chi connectivity index (χ4v) is 2.39. The van der Waals surface area contributed by atoms with Crippen molar-refractivity contribution < 1.29 is 9.53 Å². The molecule has 0 N–H and O–H groups in total. The molecule has 0 radical (unpaired) electrons. The molecule has 108 valence electrons. The van der Waals surface area contributed by atoms with Gasteiger partial charge in [0.1, 0.15) is 5.75 Å². The molecule has 0 aliphatic carbocycles. The van der Waals surface area contributed by atoms with Gasteiger partial charge >= 0.3 is 6.01 Å². The number of nitrogens with zero attached hydrogens (tertiary/aromatic N) is 3. The van der Waals surface area contributed by atoms with E-state index in [1.807, 2.05) is 4.90 Å². The molecule has 2 aromatic rings. The SMILES string of the molecule is O=C(c1ccc(Oc2ncccn2)cc1)N1CCCCC1. The minimum absolute atomic E-state index is 0.0946. The summed E-state index contributed by atoms with van der Waals surface area (Å²) in [7, 11) is 0. The molecule has 2 heterocycles. The number of benzene rings is 1.